The van der Waals surface area contributed by atoms with Crippen LogP contribution in [0.25, 0.3) is 11.2 Å². The number of rotatable bonds is 1. The van der Waals surface area contributed by atoms with E-state index in [9.17, 15) is 9.59 Å². The molecule has 0 unspecified atom stereocenters. The third-order valence-corrected chi connectivity index (χ3v) is 3.26. The van der Waals surface area contributed by atoms with Crippen LogP contribution in [0.15, 0.2) is 9.59 Å². The van der Waals surface area contributed by atoms with E-state index >= 15 is 0 Å². The van der Waals surface area contributed by atoms with Crippen molar-refractivity contribution in [3.05, 3.63) is 26.7 Å². The maximum absolute atomic E-state index is 11.6. The number of nitrogens with zero attached hydrogens (tertiary/aromatic N) is 2. The summed E-state index contributed by atoms with van der Waals surface area (Å²) >= 11 is 0. The van der Waals surface area contributed by atoms with Gasteiger partial charge in [0.15, 0.2) is 5.65 Å². The molecule has 2 heterocycles. The van der Waals surface area contributed by atoms with Gasteiger partial charge in [0.1, 0.15) is 11.3 Å². The van der Waals surface area contributed by atoms with Gasteiger partial charge < -0.3 is 4.98 Å². The normalized spacial score (nSPS) is 16.6. The second kappa shape index (κ2) is 3.07. The van der Waals surface area contributed by atoms with Gasteiger partial charge in [-0.05, 0) is 12.8 Å². The second-order valence-electron chi connectivity index (χ2n) is 4.27. The van der Waals surface area contributed by atoms with Gasteiger partial charge in [-0.15, -0.1) is 0 Å². The van der Waals surface area contributed by atoms with Crippen molar-refractivity contribution in [1.29, 1.82) is 0 Å². The molecule has 0 aromatic carbocycles. The van der Waals surface area contributed by atoms with E-state index in [0.29, 0.717) is 17.1 Å². The standard InChI is InChI=1S/C10H12N4O2/c1-14-8-6(9(15)13-10(14)16)11-7(12-8)5-3-2-4-5/h5H,2-4H2,1H3,(H,11,12)(H,13,15,16). The Bertz CT molecular complexity index is 659. The Balaban J connectivity index is 2.31. The number of H-pyrrole nitrogens is 2. The summed E-state index contributed by atoms with van der Waals surface area (Å²) in [5.41, 5.74) is 0.0139. The van der Waals surface area contributed by atoms with Crippen molar-refractivity contribution >= 4 is 11.2 Å². The molecule has 0 aliphatic heterocycles. The van der Waals surface area contributed by atoms with Crippen LogP contribution in [0, 0.1) is 0 Å². The highest BCUT2D eigenvalue weighted by Crippen LogP contribution is 2.34. The van der Waals surface area contributed by atoms with Crippen molar-refractivity contribution in [3.63, 3.8) is 0 Å². The van der Waals surface area contributed by atoms with Gasteiger partial charge in [0.25, 0.3) is 5.56 Å². The van der Waals surface area contributed by atoms with Crippen LogP contribution in [0.3, 0.4) is 0 Å². The molecule has 3 rings (SSSR count). The number of hydrogen-bond donors (Lipinski definition) is 2. The van der Waals surface area contributed by atoms with E-state index in [2.05, 4.69) is 15.0 Å². The molecule has 2 aromatic rings. The molecule has 0 bridgehead atoms. The molecular weight excluding hydrogens is 208 g/mol. The highest BCUT2D eigenvalue weighted by Gasteiger charge is 2.23. The van der Waals surface area contributed by atoms with Gasteiger partial charge in [-0.25, -0.2) is 9.78 Å². The number of hydrogen-bond acceptors (Lipinski definition) is 3. The second-order valence-corrected chi connectivity index (χ2v) is 4.27. The van der Waals surface area contributed by atoms with Gasteiger partial charge in [0.2, 0.25) is 0 Å². The smallest absolute Gasteiger partial charge is 0.329 e. The Hall–Kier alpha value is -1.85. The molecule has 6 nitrogen and oxygen atoms in total. The molecule has 1 aliphatic carbocycles. The molecule has 1 aliphatic rings. The summed E-state index contributed by atoms with van der Waals surface area (Å²) in [5.74, 6) is 1.25. The van der Waals surface area contributed by atoms with Gasteiger partial charge in [-0.1, -0.05) is 6.42 Å². The van der Waals surface area contributed by atoms with Crippen LogP contribution in [-0.4, -0.2) is 19.5 Å². The summed E-state index contributed by atoms with van der Waals surface area (Å²) in [6.45, 7) is 0. The minimum absolute atomic E-state index is 0.392. The molecule has 0 spiro atoms. The Kier molecular flexibility index (Phi) is 1.80. The molecule has 0 radical (unpaired) electrons. The topological polar surface area (TPSA) is 83.5 Å². The fourth-order valence-corrected chi connectivity index (χ4v) is 2.00. The Morgan fingerprint density at radius 1 is 1.31 bits per heavy atom. The Morgan fingerprint density at radius 2 is 2.06 bits per heavy atom. The van der Waals surface area contributed by atoms with Crippen LogP contribution >= 0.6 is 0 Å². The summed E-state index contributed by atoms with van der Waals surface area (Å²) in [6.07, 6.45) is 3.41. The quantitative estimate of drug-likeness (QED) is 0.721. The van der Waals surface area contributed by atoms with E-state index in [1.807, 2.05) is 0 Å². The maximum atomic E-state index is 11.6. The van der Waals surface area contributed by atoms with Gasteiger partial charge in [0, 0.05) is 13.0 Å². The number of fused-ring (bicyclic) bond motifs is 1. The molecule has 16 heavy (non-hydrogen) atoms. The van der Waals surface area contributed by atoms with Crippen LogP contribution in [0.5, 0.6) is 0 Å². The third kappa shape index (κ3) is 1.16. The van der Waals surface area contributed by atoms with Crippen molar-refractivity contribution in [2.45, 2.75) is 25.2 Å². The average molecular weight is 220 g/mol. The lowest BCUT2D eigenvalue weighted by molar-refractivity contribution is 0.404. The van der Waals surface area contributed by atoms with Gasteiger partial charge >= 0.3 is 5.69 Å². The Morgan fingerprint density at radius 3 is 2.69 bits per heavy atom. The van der Waals surface area contributed by atoms with Crippen molar-refractivity contribution in [3.8, 4) is 0 Å². The van der Waals surface area contributed by atoms with Gasteiger partial charge in [-0.2, -0.15) is 0 Å². The predicted molar refractivity (Wildman–Crippen MR) is 58.5 cm³/mol. The fraction of sp³-hybridized carbons (Fsp3) is 0.500. The first-order chi connectivity index (χ1) is 7.66. The molecule has 2 aromatic heterocycles. The molecule has 2 N–H and O–H groups in total. The predicted octanol–water partition coefficient (Wildman–Crippen LogP) is 0.217. The molecule has 1 fully saturated rings. The zero-order valence-corrected chi connectivity index (χ0v) is 8.91. The maximum Gasteiger partial charge on any atom is 0.329 e. The Labute approximate surface area is 90.3 Å². The molecular formula is C10H12N4O2. The first-order valence-electron chi connectivity index (χ1n) is 5.36. The summed E-state index contributed by atoms with van der Waals surface area (Å²) in [7, 11) is 1.60. The molecule has 84 valence electrons. The summed E-state index contributed by atoms with van der Waals surface area (Å²) in [6, 6.07) is 0. The number of aromatic amines is 2. The number of nitrogens with one attached hydrogen (secondary N) is 2. The lowest BCUT2D eigenvalue weighted by Gasteiger charge is -2.22. The third-order valence-electron chi connectivity index (χ3n) is 3.26. The van der Waals surface area contributed by atoms with Crippen LogP contribution in [0.4, 0.5) is 0 Å². The van der Waals surface area contributed by atoms with Crippen molar-refractivity contribution in [2.24, 2.45) is 7.05 Å². The summed E-state index contributed by atoms with van der Waals surface area (Å²) < 4.78 is 1.36. The highest BCUT2D eigenvalue weighted by atomic mass is 16.2. The molecule has 0 amide bonds. The number of aromatic nitrogens is 4. The highest BCUT2D eigenvalue weighted by molar-refractivity contribution is 5.69. The average Bonchev–Trinajstić information content (AvgIpc) is 2.57. The number of imidazole rings is 1. The van der Waals surface area contributed by atoms with Crippen LogP contribution in [-0.2, 0) is 7.05 Å². The van der Waals surface area contributed by atoms with E-state index in [0.717, 1.165) is 18.7 Å². The van der Waals surface area contributed by atoms with E-state index in [-0.39, 0.29) is 0 Å². The largest absolute Gasteiger partial charge is 0.336 e. The summed E-state index contributed by atoms with van der Waals surface area (Å²) in [4.78, 5) is 32.5. The molecule has 0 atom stereocenters. The van der Waals surface area contributed by atoms with Crippen molar-refractivity contribution in [1.82, 2.24) is 19.5 Å². The molecule has 0 saturated heterocycles. The van der Waals surface area contributed by atoms with Crippen LogP contribution in [0.2, 0.25) is 0 Å². The summed E-state index contributed by atoms with van der Waals surface area (Å²) in [5, 5.41) is 0. The van der Waals surface area contributed by atoms with E-state index in [1.54, 1.807) is 7.05 Å². The zero-order valence-electron chi connectivity index (χ0n) is 8.91. The number of aryl methyl sites for hydroxylation is 1. The fourth-order valence-electron chi connectivity index (χ4n) is 2.00. The van der Waals surface area contributed by atoms with Gasteiger partial charge in [-0.3, -0.25) is 14.3 Å². The molecule has 6 heteroatoms. The van der Waals surface area contributed by atoms with Crippen LogP contribution in [0.1, 0.15) is 31.0 Å². The van der Waals surface area contributed by atoms with E-state index in [1.165, 1.54) is 11.0 Å². The van der Waals surface area contributed by atoms with Crippen molar-refractivity contribution in [2.75, 3.05) is 0 Å². The van der Waals surface area contributed by atoms with Gasteiger partial charge in [0.05, 0.1) is 0 Å². The SMILES string of the molecule is Cn1c(=O)[nH]c(=O)c2[nH]c(C3CCC3)nc21. The lowest BCUT2D eigenvalue weighted by Crippen LogP contribution is -2.28. The monoisotopic (exact) mass is 220 g/mol. The van der Waals surface area contributed by atoms with E-state index < -0.39 is 11.2 Å². The lowest BCUT2D eigenvalue weighted by atomic mass is 9.85. The van der Waals surface area contributed by atoms with E-state index in [4.69, 9.17) is 0 Å². The zero-order chi connectivity index (χ0) is 11.3. The van der Waals surface area contributed by atoms with Crippen molar-refractivity contribution < 1.29 is 0 Å². The molecule has 1 saturated carbocycles. The minimum Gasteiger partial charge on any atom is -0.336 e. The first kappa shape index (κ1) is 9.38. The van der Waals surface area contributed by atoms with Crippen LogP contribution < -0.4 is 11.2 Å². The minimum atomic E-state index is -0.427. The first-order valence-corrected chi connectivity index (χ1v) is 5.36.